The Morgan fingerprint density at radius 3 is 2.61 bits per heavy atom. The van der Waals surface area contributed by atoms with Crippen molar-refractivity contribution in [3.8, 4) is 0 Å². The van der Waals surface area contributed by atoms with E-state index < -0.39 is 0 Å². The SMILES string of the molecule is CCNC(=O)c1sc2nc(CC)nc(C)c2c1C. The zero-order valence-electron chi connectivity index (χ0n) is 11.1. The molecule has 2 heterocycles. The highest BCUT2D eigenvalue weighted by atomic mass is 32.1. The molecule has 0 spiro atoms. The monoisotopic (exact) mass is 263 g/mol. The molecule has 2 aromatic rings. The lowest BCUT2D eigenvalue weighted by atomic mass is 10.1. The average Bonchev–Trinajstić information content (AvgIpc) is 2.67. The Hall–Kier alpha value is -1.49. The molecule has 0 aliphatic rings. The van der Waals surface area contributed by atoms with Gasteiger partial charge in [0.15, 0.2) is 0 Å². The summed E-state index contributed by atoms with van der Waals surface area (Å²) in [5, 5.41) is 3.86. The molecule has 0 bridgehead atoms. The maximum atomic E-state index is 12.0. The third kappa shape index (κ3) is 2.10. The Balaban J connectivity index is 2.62. The normalized spacial score (nSPS) is 10.9. The number of amides is 1. The minimum Gasteiger partial charge on any atom is -0.352 e. The molecule has 0 saturated heterocycles. The summed E-state index contributed by atoms with van der Waals surface area (Å²) in [4.78, 5) is 22.6. The van der Waals surface area contributed by atoms with Crippen LogP contribution in [0.2, 0.25) is 0 Å². The summed E-state index contributed by atoms with van der Waals surface area (Å²) in [6.45, 7) is 8.53. The van der Waals surface area contributed by atoms with Gasteiger partial charge in [0, 0.05) is 24.0 Å². The van der Waals surface area contributed by atoms with E-state index in [0.717, 1.165) is 38.6 Å². The molecular formula is C13H17N3OS. The minimum absolute atomic E-state index is 0.0181. The first-order valence-corrected chi connectivity index (χ1v) is 6.94. The van der Waals surface area contributed by atoms with Gasteiger partial charge < -0.3 is 5.32 Å². The summed E-state index contributed by atoms with van der Waals surface area (Å²) in [7, 11) is 0. The largest absolute Gasteiger partial charge is 0.352 e. The second-order valence-corrected chi connectivity index (χ2v) is 5.17. The van der Waals surface area contributed by atoms with E-state index in [-0.39, 0.29) is 5.91 Å². The van der Waals surface area contributed by atoms with Gasteiger partial charge in [-0.05, 0) is 26.3 Å². The van der Waals surface area contributed by atoms with Crippen LogP contribution >= 0.6 is 11.3 Å². The van der Waals surface area contributed by atoms with E-state index in [1.165, 1.54) is 11.3 Å². The van der Waals surface area contributed by atoms with Crippen molar-refractivity contribution in [2.24, 2.45) is 0 Å². The fraction of sp³-hybridized carbons (Fsp3) is 0.462. The molecule has 0 radical (unpaired) electrons. The van der Waals surface area contributed by atoms with Gasteiger partial charge in [-0.25, -0.2) is 9.97 Å². The molecule has 0 aliphatic carbocycles. The van der Waals surface area contributed by atoms with E-state index in [4.69, 9.17) is 0 Å². The third-order valence-corrected chi connectivity index (χ3v) is 4.06. The number of carbonyl (C=O) groups is 1. The molecule has 0 atom stereocenters. The van der Waals surface area contributed by atoms with Crippen LogP contribution in [0.5, 0.6) is 0 Å². The van der Waals surface area contributed by atoms with E-state index in [0.29, 0.717) is 6.54 Å². The summed E-state index contributed by atoms with van der Waals surface area (Å²) in [6.07, 6.45) is 0.810. The molecule has 2 rings (SSSR count). The quantitative estimate of drug-likeness (QED) is 0.926. The molecule has 1 amide bonds. The van der Waals surface area contributed by atoms with Crippen LogP contribution in [0.1, 0.15) is 40.6 Å². The average molecular weight is 263 g/mol. The number of carbonyl (C=O) groups excluding carboxylic acids is 1. The van der Waals surface area contributed by atoms with Gasteiger partial charge in [-0.3, -0.25) is 4.79 Å². The molecular weight excluding hydrogens is 246 g/mol. The third-order valence-electron chi connectivity index (χ3n) is 2.88. The lowest BCUT2D eigenvalue weighted by Gasteiger charge is -2.01. The zero-order valence-corrected chi connectivity index (χ0v) is 11.9. The van der Waals surface area contributed by atoms with Crippen LogP contribution in [-0.4, -0.2) is 22.4 Å². The van der Waals surface area contributed by atoms with Gasteiger partial charge in [-0.15, -0.1) is 11.3 Å². The van der Waals surface area contributed by atoms with Crippen LogP contribution in [0.3, 0.4) is 0 Å². The van der Waals surface area contributed by atoms with Crippen LogP contribution < -0.4 is 5.32 Å². The molecule has 4 nitrogen and oxygen atoms in total. The maximum Gasteiger partial charge on any atom is 0.261 e. The molecule has 0 saturated carbocycles. The molecule has 1 N–H and O–H groups in total. The van der Waals surface area contributed by atoms with Crippen molar-refractivity contribution in [2.45, 2.75) is 34.1 Å². The van der Waals surface area contributed by atoms with Crippen molar-refractivity contribution in [2.75, 3.05) is 6.54 Å². The Bertz CT molecular complexity index is 604. The lowest BCUT2D eigenvalue weighted by molar-refractivity contribution is 0.0959. The number of hydrogen-bond donors (Lipinski definition) is 1. The molecule has 0 fully saturated rings. The molecule has 0 unspecified atom stereocenters. The summed E-state index contributed by atoms with van der Waals surface area (Å²) >= 11 is 1.45. The fourth-order valence-electron chi connectivity index (χ4n) is 2.01. The van der Waals surface area contributed by atoms with Gasteiger partial charge in [0.2, 0.25) is 0 Å². The number of rotatable bonds is 3. The van der Waals surface area contributed by atoms with Crippen molar-refractivity contribution < 1.29 is 4.79 Å². The summed E-state index contributed by atoms with van der Waals surface area (Å²) < 4.78 is 0. The van der Waals surface area contributed by atoms with Gasteiger partial charge in [-0.1, -0.05) is 6.92 Å². The van der Waals surface area contributed by atoms with Gasteiger partial charge in [0.1, 0.15) is 10.7 Å². The van der Waals surface area contributed by atoms with Crippen molar-refractivity contribution in [1.82, 2.24) is 15.3 Å². The number of aromatic nitrogens is 2. The van der Waals surface area contributed by atoms with E-state index in [2.05, 4.69) is 15.3 Å². The van der Waals surface area contributed by atoms with Crippen molar-refractivity contribution in [3.05, 3.63) is 22.0 Å². The number of hydrogen-bond acceptors (Lipinski definition) is 4. The van der Waals surface area contributed by atoms with Crippen LogP contribution in [-0.2, 0) is 6.42 Å². The van der Waals surface area contributed by atoms with E-state index in [1.54, 1.807) is 0 Å². The number of nitrogens with one attached hydrogen (secondary N) is 1. The summed E-state index contributed by atoms with van der Waals surface area (Å²) in [5.41, 5.74) is 1.95. The smallest absolute Gasteiger partial charge is 0.261 e. The summed E-state index contributed by atoms with van der Waals surface area (Å²) in [6, 6.07) is 0. The first-order valence-electron chi connectivity index (χ1n) is 6.13. The predicted octanol–water partition coefficient (Wildman–Crippen LogP) is 2.62. The van der Waals surface area contributed by atoms with Crippen molar-refractivity contribution in [3.63, 3.8) is 0 Å². The van der Waals surface area contributed by atoms with E-state index in [9.17, 15) is 4.79 Å². The highest BCUT2D eigenvalue weighted by Crippen LogP contribution is 2.31. The molecule has 5 heteroatoms. The molecule has 96 valence electrons. The zero-order chi connectivity index (χ0) is 13.3. The second-order valence-electron chi connectivity index (χ2n) is 4.17. The van der Waals surface area contributed by atoms with Crippen LogP contribution in [0.15, 0.2) is 0 Å². The second kappa shape index (κ2) is 5.02. The standard InChI is InChI=1S/C13H17N3OS/c1-5-9-15-8(4)10-7(3)11(12(17)14-6-2)18-13(10)16-9/h5-6H2,1-4H3,(H,14,17). The lowest BCUT2D eigenvalue weighted by Crippen LogP contribution is -2.22. The van der Waals surface area contributed by atoms with Gasteiger partial charge in [0.25, 0.3) is 5.91 Å². The predicted molar refractivity (Wildman–Crippen MR) is 74.3 cm³/mol. The summed E-state index contributed by atoms with van der Waals surface area (Å²) in [5.74, 6) is 0.819. The van der Waals surface area contributed by atoms with Crippen LogP contribution in [0.25, 0.3) is 10.2 Å². The van der Waals surface area contributed by atoms with Gasteiger partial charge in [0.05, 0.1) is 4.88 Å². The van der Waals surface area contributed by atoms with E-state index >= 15 is 0 Å². The van der Waals surface area contributed by atoms with E-state index in [1.807, 2.05) is 27.7 Å². The Labute approximate surface area is 110 Å². The number of thiophene rings is 1. The molecule has 0 aliphatic heterocycles. The fourth-order valence-corrected chi connectivity index (χ4v) is 3.18. The topological polar surface area (TPSA) is 54.9 Å². The first kappa shape index (κ1) is 13.0. The van der Waals surface area contributed by atoms with Crippen LogP contribution in [0, 0.1) is 13.8 Å². The Morgan fingerprint density at radius 1 is 1.28 bits per heavy atom. The Kier molecular flexibility index (Phi) is 3.61. The Morgan fingerprint density at radius 2 is 2.00 bits per heavy atom. The number of nitrogens with zero attached hydrogens (tertiary/aromatic N) is 2. The molecule has 18 heavy (non-hydrogen) atoms. The molecule has 2 aromatic heterocycles. The van der Waals surface area contributed by atoms with Gasteiger partial charge in [-0.2, -0.15) is 0 Å². The maximum absolute atomic E-state index is 12.0. The number of aryl methyl sites for hydroxylation is 3. The van der Waals surface area contributed by atoms with Crippen molar-refractivity contribution in [1.29, 1.82) is 0 Å². The van der Waals surface area contributed by atoms with Gasteiger partial charge >= 0.3 is 0 Å². The molecule has 0 aromatic carbocycles. The minimum atomic E-state index is -0.0181. The highest BCUT2D eigenvalue weighted by Gasteiger charge is 2.18. The van der Waals surface area contributed by atoms with Crippen molar-refractivity contribution >= 4 is 27.5 Å². The first-order chi connectivity index (χ1) is 8.58. The highest BCUT2D eigenvalue weighted by molar-refractivity contribution is 7.20. The van der Waals surface area contributed by atoms with Crippen LogP contribution in [0.4, 0.5) is 0 Å². The number of fused-ring (bicyclic) bond motifs is 1.